The third kappa shape index (κ3) is 5.18. The smallest absolute Gasteiger partial charge is 0.153 e. The van der Waals surface area contributed by atoms with E-state index in [0.717, 1.165) is 21.9 Å². The summed E-state index contributed by atoms with van der Waals surface area (Å²) >= 11 is 3.51. The lowest BCUT2D eigenvalue weighted by Gasteiger charge is -2.21. The molecule has 0 atom stereocenters. The Labute approximate surface area is 152 Å². The summed E-state index contributed by atoms with van der Waals surface area (Å²) in [6.45, 7) is 7.74. The topological polar surface area (TPSA) is 35.5 Å². The van der Waals surface area contributed by atoms with Gasteiger partial charge in [0.15, 0.2) is 6.29 Å². The zero-order valence-electron chi connectivity index (χ0n) is 14.3. The maximum Gasteiger partial charge on any atom is 0.153 e. The molecule has 0 amide bonds. The van der Waals surface area contributed by atoms with E-state index < -0.39 is 0 Å². The van der Waals surface area contributed by atoms with Crippen molar-refractivity contribution in [1.29, 1.82) is 0 Å². The summed E-state index contributed by atoms with van der Waals surface area (Å²) in [4.78, 5) is 11.4. The number of aldehydes is 1. The van der Waals surface area contributed by atoms with Gasteiger partial charge in [-0.05, 0) is 44.6 Å². The molecule has 2 aromatic carbocycles. The van der Waals surface area contributed by atoms with Crippen LogP contribution < -0.4 is 4.74 Å². The first-order chi connectivity index (χ1) is 11.4. The van der Waals surface area contributed by atoms with Crippen molar-refractivity contribution < 1.29 is 14.3 Å². The van der Waals surface area contributed by atoms with Crippen LogP contribution in [0.3, 0.4) is 0 Å². The molecule has 0 aliphatic carbocycles. The van der Waals surface area contributed by atoms with Crippen LogP contribution in [0.1, 0.15) is 42.3 Å². The molecule has 0 heterocycles. The van der Waals surface area contributed by atoms with E-state index in [9.17, 15) is 4.79 Å². The molecule has 2 rings (SSSR count). The van der Waals surface area contributed by atoms with E-state index >= 15 is 0 Å². The van der Waals surface area contributed by atoms with Gasteiger partial charge in [-0.25, -0.2) is 0 Å². The van der Waals surface area contributed by atoms with Crippen LogP contribution in [0.15, 0.2) is 46.9 Å². The Hall–Kier alpha value is -1.65. The Bertz CT molecular complexity index is 675. The second kappa shape index (κ2) is 8.45. The number of hydrogen-bond donors (Lipinski definition) is 0. The number of carbonyl (C=O) groups is 1. The number of hydrogen-bond acceptors (Lipinski definition) is 3. The van der Waals surface area contributed by atoms with Crippen LogP contribution in [0.5, 0.6) is 5.75 Å². The predicted molar refractivity (Wildman–Crippen MR) is 99.8 cm³/mol. The first-order valence-electron chi connectivity index (χ1n) is 7.95. The summed E-state index contributed by atoms with van der Waals surface area (Å²) in [5, 5.41) is 0. The van der Waals surface area contributed by atoms with E-state index in [0.29, 0.717) is 31.1 Å². The second-order valence-corrected chi connectivity index (χ2v) is 7.49. The number of rotatable bonds is 7. The van der Waals surface area contributed by atoms with Gasteiger partial charge < -0.3 is 9.47 Å². The summed E-state index contributed by atoms with van der Waals surface area (Å²) in [5.41, 5.74) is 2.74. The van der Waals surface area contributed by atoms with Gasteiger partial charge in [0.25, 0.3) is 0 Å². The molecule has 2 aromatic rings. The highest BCUT2D eigenvalue weighted by atomic mass is 79.9. The summed E-state index contributed by atoms with van der Waals surface area (Å²) in [5.74, 6) is 0.571. The maximum atomic E-state index is 11.4. The van der Waals surface area contributed by atoms with Crippen molar-refractivity contribution in [2.24, 2.45) is 0 Å². The van der Waals surface area contributed by atoms with Crippen molar-refractivity contribution in [3.05, 3.63) is 63.6 Å². The van der Waals surface area contributed by atoms with Crippen molar-refractivity contribution in [2.75, 3.05) is 13.2 Å². The zero-order chi connectivity index (χ0) is 17.6. The van der Waals surface area contributed by atoms with Gasteiger partial charge in [0, 0.05) is 0 Å². The Morgan fingerprint density at radius 2 is 1.79 bits per heavy atom. The third-order valence-corrected chi connectivity index (χ3v) is 4.24. The molecule has 0 radical (unpaired) electrons. The minimum Gasteiger partial charge on any atom is -0.489 e. The molecule has 24 heavy (non-hydrogen) atoms. The molecule has 0 aliphatic rings. The van der Waals surface area contributed by atoms with Crippen LogP contribution in [0.4, 0.5) is 0 Å². The number of ether oxygens (including phenoxy) is 2. The van der Waals surface area contributed by atoms with Crippen LogP contribution in [0, 0.1) is 0 Å². The van der Waals surface area contributed by atoms with Crippen LogP contribution in [0.2, 0.25) is 0 Å². The lowest BCUT2D eigenvalue weighted by atomic mass is 9.86. The second-order valence-electron chi connectivity index (χ2n) is 6.63. The fourth-order valence-corrected chi connectivity index (χ4v) is 2.84. The van der Waals surface area contributed by atoms with Crippen molar-refractivity contribution in [1.82, 2.24) is 0 Å². The molecule has 0 N–H and O–H groups in total. The van der Waals surface area contributed by atoms with Crippen LogP contribution in [-0.4, -0.2) is 19.5 Å². The third-order valence-electron chi connectivity index (χ3n) is 3.65. The average Bonchev–Trinajstić information content (AvgIpc) is 2.55. The van der Waals surface area contributed by atoms with Crippen LogP contribution >= 0.6 is 15.9 Å². The van der Waals surface area contributed by atoms with E-state index in [-0.39, 0.29) is 5.41 Å². The molecule has 0 spiro atoms. The van der Waals surface area contributed by atoms with Gasteiger partial charge in [0.05, 0.1) is 23.2 Å². The van der Waals surface area contributed by atoms with E-state index in [1.165, 1.54) is 0 Å². The minimum absolute atomic E-state index is 0.0302. The predicted octanol–water partition coefficient (Wildman–Crippen LogP) is 5.15. The lowest BCUT2D eigenvalue weighted by molar-refractivity contribution is 0.0880. The molecular weight excluding hydrogens is 368 g/mol. The van der Waals surface area contributed by atoms with E-state index in [2.05, 4.69) is 36.7 Å². The monoisotopic (exact) mass is 390 g/mol. The average molecular weight is 391 g/mol. The van der Waals surface area contributed by atoms with E-state index in [1.807, 2.05) is 42.5 Å². The molecule has 0 aliphatic heterocycles. The summed E-state index contributed by atoms with van der Waals surface area (Å²) in [6, 6.07) is 13.9. The minimum atomic E-state index is -0.0302. The number of benzene rings is 2. The Balaban J connectivity index is 1.93. The van der Waals surface area contributed by atoms with Gasteiger partial charge in [0.1, 0.15) is 12.4 Å². The summed E-state index contributed by atoms with van der Waals surface area (Å²) in [6.07, 6.45) is 0.833. The summed E-state index contributed by atoms with van der Waals surface area (Å²) in [7, 11) is 0. The normalized spacial score (nSPS) is 11.3. The van der Waals surface area contributed by atoms with Crippen molar-refractivity contribution >= 4 is 22.2 Å². The molecule has 0 bridgehead atoms. The van der Waals surface area contributed by atoms with Gasteiger partial charge in [-0.3, -0.25) is 4.79 Å². The molecule has 0 aromatic heterocycles. The number of carbonyl (C=O) groups excluding carboxylic acids is 1. The van der Waals surface area contributed by atoms with Gasteiger partial charge in [-0.2, -0.15) is 0 Å². The Morgan fingerprint density at radius 1 is 1.08 bits per heavy atom. The largest absolute Gasteiger partial charge is 0.489 e. The standard InChI is InChI=1S/C20H23BrO3/c1-20(2,3)17-11-16(13-22)19(18(21)12-17)24-10-9-23-14-15-7-5-4-6-8-15/h4-8,11-13H,9-10,14H2,1-3H3. The van der Waals surface area contributed by atoms with E-state index in [4.69, 9.17) is 9.47 Å². The van der Waals surface area contributed by atoms with Crippen molar-refractivity contribution in [2.45, 2.75) is 32.8 Å². The molecule has 128 valence electrons. The Kier molecular flexibility index (Phi) is 6.58. The molecule has 4 heteroatoms. The van der Waals surface area contributed by atoms with Crippen molar-refractivity contribution in [3.8, 4) is 5.75 Å². The SMILES string of the molecule is CC(C)(C)c1cc(Br)c(OCCOCc2ccccc2)c(C=O)c1. The first-order valence-corrected chi connectivity index (χ1v) is 8.75. The molecule has 0 saturated carbocycles. The van der Waals surface area contributed by atoms with Crippen LogP contribution in [0.25, 0.3) is 0 Å². The summed E-state index contributed by atoms with van der Waals surface area (Å²) < 4.78 is 12.2. The number of halogens is 1. The zero-order valence-corrected chi connectivity index (χ0v) is 15.9. The van der Waals surface area contributed by atoms with Gasteiger partial charge >= 0.3 is 0 Å². The van der Waals surface area contributed by atoms with E-state index in [1.54, 1.807) is 0 Å². The first kappa shape index (κ1) is 18.7. The maximum absolute atomic E-state index is 11.4. The lowest BCUT2D eigenvalue weighted by Crippen LogP contribution is -2.13. The van der Waals surface area contributed by atoms with Crippen molar-refractivity contribution in [3.63, 3.8) is 0 Å². The van der Waals surface area contributed by atoms with Gasteiger partial charge in [-0.1, -0.05) is 51.1 Å². The van der Waals surface area contributed by atoms with Gasteiger partial charge in [0.2, 0.25) is 0 Å². The fourth-order valence-electron chi connectivity index (χ4n) is 2.25. The highest BCUT2D eigenvalue weighted by Gasteiger charge is 2.18. The molecule has 0 unspecified atom stereocenters. The highest BCUT2D eigenvalue weighted by Crippen LogP contribution is 2.34. The van der Waals surface area contributed by atoms with Crippen LogP contribution in [-0.2, 0) is 16.8 Å². The van der Waals surface area contributed by atoms with Gasteiger partial charge in [-0.15, -0.1) is 0 Å². The fraction of sp³-hybridized carbons (Fsp3) is 0.350. The quantitative estimate of drug-likeness (QED) is 0.484. The molecular formula is C20H23BrO3. The molecule has 0 saturated heterocycles. The highest BCUT2D eigenvalue weighted by molar-refractivity contribution is 9.10. The molecule has 0 fully saturated rings. The Morgan fingerprint density at radius 3 is 2.42 bits per heavy atom. The molecule has 3 nitrogen and oxygen atoms in total.